The Balaban J connectivity index is 3.11. The minimum atomic E-state index is -0.0221. The van der Waals surface area contributed by atoms with Crippen LogP contribution in [0.2, 0.25) is 0 Å². The van der Waals surface area contributed by atoms with Gasteiger partial charge in [-0.3, -0.25) is 4.79 Å². The van der Waals surface area contributed by atoms with Gasteiger partial charge in [0.05, 0.1) is 5.25 Å². The molecule has 0 aliphatic rings. The molecule has 0 rings (SSSR count). The number of hydrogen-bond acceptors (Lipinski definition) is 2. The predicted molar refractivity (Wildman–Crippen MR) is 61.4 cm³/mol. The quantitative estimate of drug-likeness (QED) is 0.470. The lowest BCUT2D eigenvalue weighted by Gasteiger charge is -2.05. The van der Waals surface area contributed by atoms with Gasteiger partial charge in [0.25, 0.3) is 0 Å². The first-order chi connectivity index (χ1) is 6.18. The second-order valence-electron chi connectivity index (χ2n) is 3.68. The number of ketones is 1. The van der Waals surface area contributed by atoms with Gasteiger partial charge in [-0.1, -0.05) is 45.4 Å². The Labute approximate surface area is 87.7 Å². The van der Waals surface area contributed by atoms with E-state index in [0.29, 0.717) is 0 Å². The Morgan fingerprint density at radius 1 is 1.15 bits per heavy atom. The minimum Gasteiger partial charge on any atom is -0.299 e. The van der Waals surface area contributed by atoms with Crippen molar-refractivity contribution in [3.63, 3.8) is 0 Å². The minimum absolute atomic E-state index is 0.0221. The van der Waals surface area contributed by atoms with E-state index in [1.54, 1.807) is 6.92 Å². The van der Waals surface area contributed by atoms with E-state index < -0.39 is 0 Å². The van der Waals surface area contributed by atoms with Crippen LogP contribution in [-0.4, -0.2) is 11.0 Å². The van der Waals surface area contributed by atoms with Gasteiger partial charge in [0, 0.05) is 0 Å². The van der Waals surface area contributed by atoms with E-state index in [9.17, 15) is 4.79 Å². The van der Waals surface area contributed by atoms with Crippen molar-refractivity contribution >= 4 is 18.4 Å². The molecule has 0 fully saturated rings. The second kappa shape index (κ2) is 8.61. The molecule has 0 saturated heterocycles. The first kappa shape index (κ1) is 13.0. The number of hydrogen-bond donors (Lipinski definition) is 1. The van der Waals surface area contributed by atoms with Crippen LogP contribution in [0.3, 0.4) is 0 Å². The van der Waals surface area contributed by atoms with Gasteiger partial charge in [0.15, 0.2) is 0 Å². The third-order valence-electron chi connectivity index (χ3n) is 2.30. The van der Waals surface area contributed by atoms with Gasteiger partial charge in [-0.15, -0.1) is 0 Å². The highest BCUT2D eigenvalue weighted by molar-refractivity contribution is 7.81. The molecule has 0 amide bonds. The van der Waals surface area contributed by atoms with E-state index >= 15 is 0 Å². The maximum atomic E-state index is 10.8. The molecular formula is C11H22OS. The smallest absolute Gasteiger partial charge is 0.142 e. The topological polar surface area (TPSA) is 17.1 Å². The molecule has 1 atom stereocenters. The van der Waals surface area contributed by atoms with E-state index in [-0.39, 0.29) is 11.0 Å². The van der Waals surface area contributed by atoms with Crippen LogP contribution < -0.4 is 0 Å². The van der Waals surface area contributed by atoms with Gasteiger partial charge in [0.1, 0.15) is 5.78 Å². The molecular weight excluding hydrogens is 180 g/mol. The van der Waals surface area contributed by atoms with Gasteiger partial charge in [-0.2, -0.15) is 12.6 Å². The molecule has 2 heteroatoms. The molecule has 78 valence electrons. The Morgan fingerprint density at radius 3 is 2.23 bits per heavy atom. The third-order valence-corrected chi connectivity index (χ3v) is 2.92. The van der Waals surface area contributed by atoms with Gasteiger partial charge in [0.2, 0.25) is 0 Å². The Morgan fingerprint density at radius 2 is 1.69 bits per heavy atom. The normalized spacial score (nSPS) is 12.8. The number of rotatable bonds is 8. The molecule has 0 aromatic carbocycles. The average Bonchev–Trinajstić information content (AvgIpc) is 2.10. The van der Waals surface area contributed by atoms with E-state index in [1.807, 2.05) is 0 Å². The number of Topliss-reactive ketones (excluding diaryl/α,β-unsaturated/α-hetero) is 1. The summed E-state index contributed by atoms with van der Waals surface area (Å²) in [5.41, 5.74) is 0. The molecule has 1 nitrogen and oxygen atoms in total. The van der Waals surface area contributed by atoms with Crippen molar-refractivity contribution in [1.82, 2.24) is 0 Å². The Hall–Kier alpha value is 0.0200. The fourth-order valence-electron chi connectivity index (χ4n) is 1.32. The molecule has 1 unspecified atom stereocenters. The summed E-state index contributed by atoms with van der Waals surface area (Å²) < 4.78 is 0. The maximum absolute atomic E-state index is 10.8. The highest BCUT2D eigenvalue weighted by Gasteiger charge is 2.06. The Kier molecular flexibility index (Phi) is 8.62. The molecule has 0 aromatic rings. The van der Waals surface area contributed by atoms with Crippen molar-refractivity contribution in [2.75, 3.05) is 0 Å². The van der Waals surface area contributed by atoms with Gasteiger partial charge >= 0.3 is 0 Å². The van der Waals surface area contributed by atoms with Crippen LogP contribution in [0.25, 0.3) is 0 Å². The average molecular weight is 202 g/mol. The molecule has 0 heterocycles. The molecule has 13 heavy (non-hydrogen) atoms. The fraction of sp³-hybridized carbons (Fsp3) is 0.909. The second-order valence-corrected chi connectivity index (χ2v) is 4.31. The van der Waals surface area contributed by atoms with Crippen molar-refractivity contribution < 1.29 is 4.79 Å². The standard InChI is InChI=1S/C11H22OS/c1-3-4-5-6-7-8-9-11(13)10(2)12/h11,13H,3-9H2,1-2H3. The highest BCUT2D eigenvalue weighted by atomic mass is 32.1. The van der Waals surface area contributed by atoms with Crippen molar-refractivity contribution in [2.45, 2.75) is 64.0 Å². The monoisotopic (exact) mass is 202 g/mol. The summed E-state index contributed by atoms with van der Waals surface area (Å²) in [6.07, 6.45) is 8.64. The van der Waals surface area contributed by atoms with Crippen molar-refractivity contribution in [3.05, 3.63) is 0 Å². The van der Waals surface area contributed by atoms with Crippen molar-refractivity contribution in [2.24, 2.45) is 0 Å². The third kappa shape index (κ3) is 8.35. The molecule has 0 radical (unpaired) electrons. The van der Waals surface area contributed by atoms with Crippen LogP contribution >= 0.6 is 12.6 Å². The summed E-state index contributed by atoms with van der Waals surface area (Å²) in [6, 6.07) is 0. The summed E-state index contributed by atoms with van der Waals surface area (Å²) in [7, 11) is 0. The first-order valence-electron chi connectivity index (χ1n) is 5.37. The number of carbonyl (C=O) groups excluding carboxylic acids is 1. The SMILES string of the molecule is CCCCCCCCC(S)C(C)=O. The summed E-state index contributed by atoms with van der Waals surface area (Å²) in [5, 5.41) is -0.0221. The summed E-state index contributed by atoms with van der Waals surface area (Å²) in [6.45, 7) is 3.84. The van der Waals surface area contributed by atoms with Gasteiger partial charge < -0.3 is 0 Å². The Bertz CT molecular complexity index is 134. The van der Waals surface area contributed by atoms with Crippen molar-refractivity contribution in [1.29, 1.82) is 0 Å². The maximum Gasteiger partial charge on any atom is 0.142 e. The van der Waals surface area contributed by atoms with E-state index in [1.165, 1.54) is 32.1 Å². The summed E-state index contributed by atoms with van der Waals surface area (Å²) in [5.74, 6) is 0.205. The highest BCUT2D eigenvalue weighted by Crippen LogP contribution is 2.11. The van der Waals surface area contributed by atoms with E-state index in [0.717, 1.165) is 12.8 Å². The zero-order valence-corrected chi connectivity index (χ0v) is 9.78. The number of thiol groups is 1. The lowest BCUT2D eigenvalue weighted by molar-refractivity contribution is -0.116. The molecule has 0 bridgehead atoms. The summed E-state index contributed by atoms with van der Waals surface area (Å²) >= 11 is 4.22. The number of carbonyl (C=O) groups is 1. The lowest BCUT2D eigenvalue weighted by Crippen LogP contribution is -2.09. The van der Waals surface area contributed by atoms with Gasteiger partial charge in [-0.05, 0) is 13.3 Å². The van der Waals surface area contributed by atoms with Crippen molar-refractivity contribution in [3.8, 4) is 0 Å². The molecule has 0 aromatic heterocycles. The zero-order chi connectivity index (χ0) is 10.1. The van der Waals surface area contributed by atoms with E-state index in [2.05, 4.69) is 19.6 Å². The summed E-state index contributed by atoms with van der Waals surface area (Å²) in [4.78, 5) is 10.8. The van der Waals surface area contributed by atoms with Gasteiger partial charge in [-0.25, -0.2) is 0 Å². The molecule has 0 spiro atoms. The fourth-order valence-corrected chi connectivity index (χ4v) is 1.50. The van der Waals surface area contributed by atoms with Crippen LogP contribution in [0.15, 0.2) is 0 Å². The van der Waals surface area contributed by atoms with Crippen LogP contribution in [0.5, 0.6) is 0 Å². The van der Waals surface area contributed by atoms with Crippen LogP contribution in [0.4, 0.5) is 0 Å². The molecule has 0 N–H and O–H groups in total. The lowest BCUT2D eigenvalue weighted by atomic mass is 10.1. The first-order valence-corrected chi connectivity index (χ1v) is 5.88. The number of unbranched alkanes of at least 4 members (excludes halogenated alkanes) is 5. The van der Waals surface area contributed by atoms with Crippen LogP contribution in [0.1, 0.15) is 58.8 Å². The van der Waals surface area contributed by atoms with Crippen LogP contribution in [-0.2, 0) is 4.79 Å². The van der Waals surface area contributed by atoms with Crippen LogP contribution in [0, 0.1) is 0 Å². The molecule has 0 saturated carbocycles. The van der Waals surface area contributed by atoms with E-state index in [4.69, 9.17) is 0 Å². The molecule has 0 aliphatic carbocycles. The zero-order valence-electron chi connectivity index (χ0n) is 8.88. The largest absolute Gasteiger partial charge is 0.299 e. The predicted octanol–water partition coefficient (Wildman–Crippen LogP) is 3.62. The molecule has 0 aliphatic heterocycles.